The van der Waals surface area contributed by atoms with E-state index in [1.165, 1.54) is 12.1 Å². The van der Waals surface area contributed by atoms with Crippen LogP contribution in [0.25, 0.3) is 0 Å². The van der Waals surface area contributed by atoms with Gasteiger partial charge in [0.05, 0.1) is 0 Å². The monoisotopic (exact) mass is 294 g/mol. The van der Waals surface area contributed by atoms with Crippen molar-refractivity contribution in [3.63, 3.8) is 0 Å². The van der Waals surface area contributed by atoms with E-state index in [0.29, 0.717) is 16.7 Å². The summed E-state index contributed by atoms with van der Waals surface area (Å²) in [6.45, 7) is 3.58. The Morgan fingerprint density at radius 1 is 1.15 bits per heavy atom. The molecule has 108 valence electrons. The fourth-order valence-electron chi connectivity index (χ4n) is 3.75. The number of halogens is 1. The van der Waals surface area contributed by atoms with Gasteiger partial charge >= 0.3 is 0 Å². The van der Waals surface area contributed by atoms with Crippen molar-refractivity contribution >= 4 is 16.6 Å². The van der Waals surface area contributed by atoms with E-state index in [-0.39, 0.29) is 28.0 Å². The van der Waals surface area contributed by atoms with Gasteiger partial charge in [-0.05, 0) is 62.8 Å². The van der Waals surface area contributed by atoms with Crippen molar-refractivity contribution in [1.82, 2.24) is 0 Å². The maximum Gasteiger partial charge on any atom is 0.166 e. The summed E-state index contributed by atoms with van der Waals surface area (Å²) in [5.74, 6) is -0.206. The lowest BCUT2D eigenvalue weighted by Gasteiger charge is -2.27. The fraction of sp³-hybridized carbons (Fsp3) is 0.562. The van der Waals surface area contributed by atoms with Crippen LogP contribution < -0.4 is 0 Å². The summed E-state index contributed by atoms with van der Waals surface area (Å²) < 4.78 is 25.4. The summed E-state index contributed by atoms with van der Waals surface area (Å²) in [5, 5.41) is 0.396. The molecule has 0 spiro atoms. The number of carbonyl (C=O) groups excluding carboxylic acids is 1. The number of benzene rings is 1. The molecule has 3 rings (SSSR count). The summed E-state index contributed by atoms with van der Waals surface area (Å²) in [6, 6.07) is 2.85. The zero-order valence-electron chi connectivity index (χ0n) is 11.8. The third-order valence-electron chi connectivity index (χ3n) is 4.68. The van der Waals surface area contributed by atoms with Crippen LogP contribution in [0.5, 0.6) is 0 Å². The largest absolute Gasteiger partial charge is 0.294 e. The van der Waals surface area contributed by atoms with Gasteiger partial charge < -0.3 is 0 Å². The second-order valence-electron chi connectivity index (χ2n) is 6.10. The van der Waals surface area contributed by atoms with Crippen LogP contribution in [0.4, 0.5) is 4.39 Å². The minimum Gasteiger partial charge on any atom is -0.294 e. The summed E-state index contributed by atoms with van der Waals surface area (Å²) in [4.78, 5) is 12.8. The molecule has 0 saturated carbocycles. The first kappa shape index (κ1) is 13.9. The average Bonchev–Trinajstić information content (AvgIpc) is 2.61. The van der Waals surface area contributed by atoms with Gasteiger partial charge in [0.25, 0.3) is 0 Å². The Hall–Kier alpha value is -1.03. The molecule has 2 aliphatic heterocycles. The zero-order chi connectivity index (χ0) is 14.4. The van der Waals surface area contributed by atoms with E-state index in [1.54, 1.807) is 13.8 Å². The number of rotatable bonds is 2. The molecule has 2 fully saturated rings. The average molecular weight is 294 g/mol. The van der Waals surface area contributed by atoms with Crippen molar-refractivity contribution in [2.24, 2.45) is 5.92 Å². The number of carbonyl (C=O) groups is 1. The molecule has 0 radical (unpaired) electrons. The predicted molar refractivity (Wildman–Crippen MR) is 77.9 cm³/mol. The number of fused-ring (bicyclic) bond motifs is 2. The smallest absolute Gasteiger partial charge is 0.166 e. The van der Waals surface area contributed by atoms with E-state index >= 15 is 0 Å². The lowest BCUT2D eigenvalue weighted by atomic mass is 9.86. The van der Waals surface area contributed by atoms with E-state index in [2.05, 4.69) is 0 Å². The second-order valence-corrected chi connectivity index (χ2v) is 8.09. The minimum absolute atomic E-state index is 0.0342. The van der Waals surface area contributed by atoms with Crippen molar-refractivity contribution in [2.45, 2.75) is 50.0 Å². The SMILES string of the molecule is Cc1cc(F)cc(C)c1C(=O)C1CC2CCC(C1)S2=O. The number of Topliss-reactive ketones (excluding diaryl/α,β-unsaturated/α-hetero) is 1. The van der Waals surface area contributed by atoms with E-state index in [9.17, 15) is 13.4 Å². The van der Waals surface area contributed by atoms with Crippen molar-refractivity contribution in [3.8, 4) is 0 Å². The molecule has 0 amide bonds. The van der Waals surface area contributed by atoms with Crippen LogP contribution in [-0.2, 0) is 10.8 Å². The third-order valence-corrected chi connectivity index (χ3v) is 6.85. The first-order valence-corrected chi connectivity index (χ1v) is 8.45. The topological polar surface area (TPSA) is 34.1 Å². The maximum absolute atomic E-state index is 13.3. The Morgan fingerprint density at radius 2 is 1.65 bits per heavy atom. The number of hydrogen-bond acceptors (Lipinski definition) is 2. The van der Waals surface area contributed by atoms with Gasteiger partial charge in [0.2, 0.25) is 0 Å². The van der Waals surface area contributed by atoms with Crippen LogP contribution in [0, 0.1) is 25.6 Å². The molecule has 2 aliphatic rings. The highest BCUT2D eigenvalue weighted by molar-refractivity contribution is 7.86. The molecule has 20 heavy (non-hydrogen) atoms. The fourth-order valence-corrected chi connectivity index (χ4v) is 5.88. The van der Waals surface area contributed by atoms with Gasteiger partial charge in [-0.15, -0.1) is 0 Å². The Balaban J connectivity index is 1.89. The number of ketones is 1. The number of hydrogen-bond donors (Lipinski definition) is 0. The highest BCUT2D eigenvalue weighted by Gasteiger charge is 2.43. The Kier molecular flexibility index (Phi) is 3.53. The third kappa shape index (κ3) is 2.24. The van der Waals surface area contributed by atoms with Gasteiger partial charge in [0, 0.05) is 32.8 Å². The standard InChI is InChI=1S/C16H19FO2S/c1-9-5-12(17)6-10(2)15(9)16(18)11-7-13-3-4-14(8-11)20(13)19/h5-6,11,13-14H,3-4,7-8H2,1-2H3. The Morgan fingerprint density at radius 3 is 2.15 bits per heavy atom. The van der Waals surface area contributed by atoms with E-state index in [1.807, 2.05) is 0 Å². The Bertz CT molecular complexity index is 557. The molecule has 0 aromatic heterocycles. The molecule has 2 saturated heterocycles. The van der Waals surface area contributed by atoms with E-state index in [0.717, 1.165) is 25.7 Å². The molecule has 2 heterocycles. The van der Waals surface area contributed by atoms with Crippen LogP contribution in [0.3, 0.4) is 0 Å². The summed E-state index contributed by atoms with van der Waals surface area (Å²) >= 11 is 0. The van der Waals surface area contributed by atoms with Crippen LogP contribution in [-0.4, -0.2) is 20.5 Å². The quantitative estimate of drug-likeness (QED) is 0.784. The van der Waals surface area contributed by atoms with E-state index < -0.39 is 10.8 Å². The van der Waals surface area contributed by atoms with Gasteiger partial charge in [0.1, 0.15) is 5.82 Å². The second kappa shape index (κ2) is 5.06. The molecule has 0 aliphatic carbocycles. The summed E-state index contributed by atoms with van der Waals surface area (Å²) in [5.41, 5.74) is 2.10. The molecule has 4 heteroatoms. The van der Waals surface area contributed by atoms with Crippen LogP contribution in [0.2, 0.25) is 0 Å². The molecular formula is C16H19FO2S. The molecule has 1 aromatic rings. The zero-order valence-corrected chi connectivity index (χ0v) is 12.6. The molecular weight excluding hydrogens is 275 g/mol. The molecule has 2 bridgehead atoms. The maximum atomic E-state index is 13.3. The molecule has 2 unspecified atom stereocenters. The van der Waals surface area contributed by atoms with Gasteiger partial charge in [-0.3, -0.25) is 9.00 Å². The highest BCUT2D eigenvalue weighted by Crippen LogP contribution is 2.40. The lowest BCUT2D eigenvalue weighted by Crippen LogP contribution is -2.32. The lowest BCUT2D eigenvalue weighted by molar-refractivity contribution is 0.0905. The van der Waals surface area contributed by atoms with Crippen LogP contribution in [0.1, 0.15) is 47.2 Å². The first-order valence-electron chi connectivity index (χ1n) is 7.17. The van der Waals surface area contributed by atoms with Crippen molar-refractivity contribution in [2.75, 3.05) is 0 Å². The minimum atomic E-state index is -0.739. The normalized spacial score (nSPS) is 32.4. The highest BCUT2D eigenvalue weighted by atomic mass is 32.2. The van der Waals surface area contributed by atoms with Gasteiger partial charge in [-0.2, -0.15) is 0 Å². The summed E-state index contributed by atoms with van der Waals surface area (Å²) in [7, 11) is -0.739. The summed E-state index contributed by atoms with van der Waals surface area (Å²) in [6.07, 6.45) is 3.45. The van der Waals surface area contributed by atoms with Crippen LogP contribution in [0.15, 0.2) is 12.1 Å². The number of aryl methyl sites for hydroxylation is 2. The van der Waals surface area contributed by atoms with Crippen LogP contribution >= 0.6 is 0 Å². The van der Waals surface area contributed by atoms with Crippen molar-refractivity contribution < 1.29 is 13.4 Å². The van der Waals surface area contributed by atoms with Gasteiger partial charge in [-0.25, -0.2) is 4.39 Å². The van der Waals surface area contributed by atoms with Gasteiger partial charge in [0.15, 0.2) is 5.78 Å². The Labute approximate surface area is 121 Å². The molecule has 1 aromatic carbocycles. The van der Waals surface area contributed by atoms with Crippen molar-refractivity contribution in [3.05, 3.63) is 34.6 Å². The van der Waals surface area contributed by atoms with Crippen molar-refractivity contribution in [1.29, 1.82) is 0 Å². The predicted octanol–water partition coefficient (Wildman–Crippen LogP) is 3.31. The van der Waals surface area contributed by atoms with Gasteiger partial charge in [-0.1, -0.05) is 0 Å². The molecule has 0 N–H and O–H groups in total. The first-order chi connectivity index (χ1) is 9.47. The molecule has 2 nitrogen and oxygen atoms in total. The van der Waals surface area contributed by atoms with E-state index in [4.69, 9.17) is 0 Å². The molecule has 2 atom stereocenters.